The number of rotatable bonds is 2. The van der Waals surface area contributed by atoms with E-state index in [-0.39, 0.29) is 0 Å². The van der Waals surface area contributed by atoms with Crippen molar-refractivity contribution >= 4 is 0 Å². The molecule has 0 aromatic heterocycles. The van der Waals surface area contributed by atoms with E-state index in [9.17, 15) is 0 Å². The molecule has 1 radical (unpaired) electrons. The summed E-state index contributed by atoms with van der Waals surface area (Å²) in [6.45, 7) is 0.536. The fourth-order valence-corrected chi connectivity index (χ4v) is 0.951. The molecule has 0 saturated heterocycles. The molecular formula is C10H10N. The van der Waals surface area contributed by atoms with Crippen LogP contribution in [-0.4, -0.2) is 0 Å². The highest BCUT2D eigenvalue weighted by Crippen LogP contribution is 2.08. The lowest BCUT2D eigenvalue weighted by molar-refractivity contribution is 1.06. The van der Waals surface area contributed by atoms with Crippen LogP contribution in [0.25, 0.3) is 0 Å². The Bertz CT molecular complexity index is 270. The van der Waals surface area contributed by atoms with Crippen molar-refractivity contribution in [1.82, 2.24) is 0 Å². The number of hydrogen-bond acceptors (Lipinski definition) is 1. The maximum Gasteiger partial charge on any atom is 0.0631 e. The summed E-state index contributed by atoms with van der Waals surface area (Å²) < 4.78 is 0. The smallest absolute Gasteiger partial charge is 0.0631 e. The van der Waals surface area contributed by atoms with Crippen LogP contribution < -0.4 is 5.73 Å². The van der Waals surface area contributed by atoms with Gasteiger partial charge in [-0.2, -0.15) is 0 Å². The number of hydrogen-bond donors (Lipinski definition) is 1. The summed E-state index contributed by atoms with van der Waals surface area (Å²) in [5, 5.41) is 0. The normalized spacial score (nSPS) is 9.09. The molecule has 1 heteroatoms. The number of benzene rings is 1. The Morgan fingerprint density at radius 1 is 1.45 bits per heavy atom. The Balaban J connectivity index is 2.94. The minimum absolute atomic E-state index is 0.536. The summed E-state index contributed by atoms with van der Waals surface area (Å²) >= 11 is 0. The van der Waals surface area contributed by atoms with Crippen molar-refractivity contribution in [2.75, 3.05) is 0 Å². The largest absolute Gasteiger partial charge is 0.326 e. The molecule has 55 valence electrons. The van der Waals surface area contributed by atoms with Gasteiger partial charge < -0.3 is 5.73 Å². The van der Waals surface area contributed by atoms with Crippen LogP contribution in [-0.2, 0) is 6.54 Å². The first-order valence-electron chi connectivity index (χ1n) is 3.46. The highest BCUT2D eigenvalue weighted by Gasteiger charge is 1.96. The van der Waals surface area contributed by atoms with Crippen LogP contribution in [0.5, 0.6) is 0 Å². The third-order valence-corrected chi connectivity index (χ3v) is 1.51. The van der Waals surface area contributed by atoms with Crippen molar-refractivity contribution in [3.05, 3.63) is 41.8 Å². The minimum atomic E-state index is 0.536. The molecule has 0 spiro atoms. The van der Waals surface area contributed by atoms with Gasteiger partial charge >= 0.3 is 0 Å². The van der Waals surface area contributed by atoms with Crippen LogP contribution in [0, 0.1) is 18.8 Å². The van der Waals surface area contributed by atoms with Gasteiger partial charge in [0.15, 0.2) is 0 Å². The molecule has 0 amide bonds. The monoisotopic (exact) mass is 144 g/mol. The average Bonchev–Trinajstić information content (AvgIpc) is 2.06. The molecule has 0 heterocycles. The number of nitrogens with two attached hydrogens (primary N) is 1. The summed E-state index contributed by atoms with van der Waals surface area (Å²) in [4.78, 5) is 0. The third kappa shape index (κ3) is 1.83. The van der Waals surface area contributed by atoms with Crippen LogP contribution in [0.4, 0.5) is 0 Å². The van der Waals surface area contributed by atoms with E-state index in [0.717, 1.165) is 11.1 Å². The first-order chi connectivity index (χ1) is 5.38. The molecule has 0 bridgehead atoms. The summed E-state index contributed by atoms with van der Waals surface area (Å²) in [6.07, 6.45) is 6.86. The summed E-state index contributed by atoms with van der Waals surface area (Å²) in [6, 6.07) is 7.84. The predicted molar refractivity (Wildman–Crippen MR) is 46.6 cm³/mol. The molecule has 1 rings (SSSR count). The second kappa shape index (κ2) is 3.80. The van der Waals surface area contributed by atoms with E-state index in [1.54, 1.807) is 6.42 Å². The van der Waals surface area contributed by atoms with E-state index in [2.05, 4.69) is 5.92 Å². The molecule has 0 saturated carbocycles. The SMILES string of the molecule is C#C[CH]c1ccccc1CN. The van der Waals surface area contributed by atoms with Gasteiger partial charge in [-0.25, -0.2) is 0 Å². The van der Waals surface area contributed by atoms with Crippen LogP contribution >= 0.6 is 0 Å². The molecule has 1 aromatic carbocycles. The van der Waals surface area contributed by atoms with E-state index in [0.29, 0.717) is 6.54 Å². The Morgan fingerprint density at radius 2 is 2.18 bits per heavy atom. The van der Waals surface area contributed by atoms with Gasteiger partial charge in [0.25, 0.3) is 0 Å². The molecule has 0 atom stereocenters. The molecule has 1 aromatic rings. The van der Waals surface area contributed by atoms with Gasteiger partial charge in [0.05, 0.1) is 6.42 Å². The topological polar surface area (TPSA) is 26.0 Å². The molecule has 0 fully saturated rings. The fraction of sp³-hybridized carbons (Fsp3) is 0.100. The van der Waals surface area contributed by atoms with Crippen LogP contribution in [0.15, 0.2) is 24.3 Å². The maximum atomic E-state index is 5.49. The summed E-state index contributed by atoms with van der Waals surface area (Å²) in [5.74, 6) is 2.48. The molecule has 0 aliphatic heterocycles. The first-order valence-corrected chi connectivity index (χ1v) is 3.46. The standard InChI is InChI=1S/C10H10N/c1-2-5-9-6-3-4-7-10(9)8-11/h1,3-7H,8,11H2. The van der Waals surface area contributed by atoms with E-state index in [4.69, 9.17) is 12.2 Å². The van der Waals surface area contributed by atoms with E-state index < -0.39 is 0 Å². The van der Waals surface area contributed by atoms with Crippen LogP contribution in [0.3, 0.4) is 0 Å². The summed E-state index contributed by atoms with van der Waals surface area (Å²) in [5.41, 5.74) is 7.62. The summed E-state index contributed by atoms with van der Waals surface area (Å²) in [7, 11) is 0. The molecule has 0 aliphatic rings. The zero-order chi connectivity index (χ0) is 8.10. The second-order valence-corrected chi connectivity index (χ2v) is 2.21. The van der Waals surface area contributed by atoms with Crippen molar-refractivity contribution in [2.24, 2.45) is 5.73 Å². The van der Waals surface area contributed by atoms with Crippen LogP contribution in [0.2, 0.25) is 0 Å². The lowest BCUT2D eigenvalue weighted by Gasteiger charge is -2.01. The Labute approximate surface area is 67.2 Å². The Hall–Kier alpha value is -1.26. The highest BCUT2D eigenvalue weighted by molar-refractivity contribution is 5.38. The van der Waals surface area contributed by atoms with Crippen molar-refractivity contribution in [3.8, 4) is 12.3 Å². The first kappa shape index (κ1) is 7.84. The zero-order valence-electron chi connectivity index (χ0n) is 6.25. The number of terminal acetylenes is 1. The Morgan fingerprint density at radius 3 is 2.82 bits per heavy atom. The minimum Gasteiger partial charge on any atom is -0.326 e. The lowest BCUT2D eigenvalue weighted by Crippen LogP contribution is -1.99. The van der Waals surface area contributed by atoms with Gasteiger partial charge in [0, 0.05) is 6.54 Å². The van der Waals surface area contributed by atoms with Crippen molar-refractivity contribution in [2.45, 2.75) is 6.54 Å². The Kier molecular flexibility index (Phi) is 2.71. The predicted octanol–water partition coefficient (Wildman–Crippen LogP) is 1.33. The third-order valence-electron chi connectivity index (χ3n) is 1.51. The maximum absolute atomic E-state index is 5.49. The van der Waals surface area contributed by atoms with Crippen molar-refractivity contribution in [3.63, 3.8) is 0 Å². The van der Waals surface area contributed by atoms with Crippen LogP contribution in [0.1, 0.15) is 11.1 Å². The van der Waals surface area contributed by atoms with E-state index in [1.807, 2.05) is 24.3 Å². The van der Waals surface area contributed by atoms with Gasteiger partial charge in [0.2, 0.25) is 0 Å². The average molecular weight is 144 g/mol. The van der Waals surface area contributed by atoms with E-state index in [1.165, 1.54) is 0 Å². The van der Waals surface area contributed by atoms with Gasteiger partial charge in [-0.05, 0) is 11.1 Å². The van der Waals surface area contributed by atoms with Crippen molar-refractivity contribution < 1.29 is 0 Å². The van der Waals surface area contributed by atoms with Gasteiger partial charge in [-0.3, -0.25) is 0 Å². The van der Waals surface area contributed by atoms with Crippen molar-refractivity contribution in [1.29, 1.82) is 0 Å². The molecule has 1 nitrogen and oxygen atoms in total. The fourth-order valence-electron chi connectivity index (χ4n) is 0.951. The second-order valence-electron chi connectivity index (χ2n) is 2.21. The molecule has 11 heavy (non-hydrogen) atoms. The lowest BCUT2D eigenvalue weighted by atomic mass is 10.1. The zero-order valence-corrected chi connectivity index (χ0v) is 6.25. The molecule has 0 unspecified atom stereocenters. The molecular weight excluding hydrogens is 134 g/mol. The van der Waals surface area contributed by atoms with E-state index >= 15 is 0 Å². The quantitative estimate of drug-likeness (QED) is 0.622. The molecule has 0 aliphatic carbocycles. The highest BCUT2D eigenvalue weighted by atomic mass is 14.5. The van der Waals surface area contributed by atoms with Gasteiger partial charge in [-0.1, -0.05) is 30.2 Å². The van der Waals surface area contributed by atoms with Gasteiger partial charge in [0.1, 0.15) is 0 Å². The molecule has 2 N–H and O–H groups in total. The van der Waals surface area contributed by atoms with Gasteiger partial charge in [-0.15, -0.1) is 6.42 Å².